The van der Waals surface area contributed by atoms with Gasteiger partial charge in [0.05, 0.1) is 5.56 Å². The number of urea groups is 1. The normalized spacial score (nSPS) is 13.8. The lowest BCUT2D eigenvalue weighted by Crippen LogP contribution is -2.36. The molecular weight excluding hydrogens is 302 g/mol. The fourth-order valence-corrected chi connectivity index (χ4v) is 2.64. The van der Waals surface area contributed by atoms with Crippen LogP contribution in [0.4, 0.5) is 16.4 Å². The number of nitrogens with zero attached hydrogens (tertiary/aromatic N) is 2. The van der Waals surface area contributed by atoms with Gasteiger partial charge in [0, 0.05) is 29.7 Å². The number of nitrogen functional groups attached to an aromatic ring is 1. The summed E-state index contributed by atoms with van der Waals surface area (Å²) in [5.41, 5.74) is 7.63. The second-order valence-electron chi connectivity index (χ2n) is 5.74. The maximum atomic E-state index is 12.0. The molecule has 1 heterocycles. The smallest absolute Gasteiger partial charge is 0.319 e. The zero-order valence-corrected chi connectivity index (χ0v) is 13.2. The van der Waals surface area contributed by atoms with Crippen LogP contribution >= 0.6 is 0 Å². The van der Waals surface area contributed by atoms with Gasteiger partial charge in [-0.25, -0.2) is 14.8 Å². The van der Waals surface area contributed by atoms with E-state index in [4.69, 9.17) is 5.73 Å². The lowest BCUT2D eigenvalue weighted by molar-refractivity contribution is 0.248. The molecule has 0 unspecified atom stereocenters. The zero-order chi connectivity index (χ0) is 16.8. The van der Waals surface area contributed by atoms with Gasteiger partial charge in [0.2, 0.25) is 5.95 Å². The molecule has 1 aliphatic carbocycles. The summed E-state index contributed by atoms with van der Waals surface area (Å²) in [5, 5.41) is 5.85. The summed E-state index contributed by atoms with van der Waals surface area (Å²) in [4.78, 5) is 19.8. The molecule has 1 fully saturated rings. The highest BCUT2D eigenvalue weighted by atomic mass is 16.2. The van der Waals surface area contributed by atoms with Gasteiger partial charge in [0.1, 0.15) is 0 Å². The fraction of sp³-hybridized carbons (Fsp3) is 0.278. The van der Waals surface area contributed by atoms with E-state index >= 15 is 0 Å². The standard InChI is InChI=1S/C18H19N5O/c19-17-20-11-14(12-21-17)9-8-13-4-3-7-16(10-13)23-18(24)22-15-5-1-2-6-15/h3-4,7,10-12,15H,1-2,5-6H2,(H2,19,20,21)(H2,22,23,24). The van der Waals surface area contributed by atoms with Crippen LogP contribution in [0.2, 0.25) is 0 Å². The number of carbonyl (C=O) groups is 1. The van der Waals surface area contributed by atoms with Crippen LogP contribution in [-0.2, 0) is 0 Å². The number of nitrogens with two attached hydrogens (primary N) is 1. The first-order valence-electron chi connectivity index (χ1n) is 7.96. The molecule has 0 aliphatic heterocycles. The van der Waals surface area contributed by atoms with Crippen LogP contribution in [0.1, 0.15) is 36.8 Å². The number of rotatable bonds is 2. The van der Waals surface area contributed by atoms with Crippen molar-refractivity contribution in [2.24, 2.45) is 0 Å². The number of hydrogen-bond donors (Lipinski definition) is 3. The average Bonchev–Trinajstić information content (AvgIpc) is 3.07. The molecule has 6 heteroatoms. The van der Waals surface area contributed by atoms with E-state index in [0.717, 1.165) is 18.4 Å². The van der Waals surface area contributed by atoms with Crippen LogP contribution < -0.4 is 16.4 Å². The van der Waals surface area contributed by atoms with Gasteiger partial charge in [0.15, 0.2) is 0 Å². The first-order chi connectivity index (χ1) is 11.7. The molecule has 4 N–H and O–H groups in total. The summed E-state index contributed by atoms with van der Waals surface area (Å²) < 4.78 is 0. The largest absolute Gasteiger partial charge is 0.368 e. The minimum Gasteiger partial charge on any atom is -0.368 e. The Bertz CT molecular complexity index is 770. The first-order valence-corrected chi connectivity index (χ1v) is 7.96. The molecule has 0 spiro atoms. The summed E-state index contributed by atoms with van der Waals surface area (Å²) in [7, 11) is 0. The molecule has 0 bridgehead atoms. The molecule has 1 saturated carbocycles. The Kier molecular flexibility index (Phi) is 4.92. The summed E-state index contributed by atoms with van der Waals surface area (Å²) in [5.74, 6) is 6.22. The van der Waals surface area contributed by atoms with Crippen molar-refractivity contribution in [2.75, 3.05) is 11.1 Å². The third-order valence-corrected chi connectivity index (χ3v) is 3.83. The predicted octanol–water partition coefficient (Wildman–Crippen LogP) is 2.52. The summed E-state index contributed by atoms with van der Waals surface area (Å²) in [6.45, 7) is 0. The Morgan fingerprint density at radius 2 is 1.83 bits per heavy atom. The molecule has 24 heavy (non-hydrogen) atoms. The van der Waals surface area contributed by atoms with Crippen molar-refractivity contribution >= 4 is 17.7 Å². The molecular formula is C18H19N5O. The highest BCUT2D eigenvalue weighted by Gasteiger charge is 2.16. The van der Waals surface area contributed by atoms with Crippen LogP contribution in [0.25, 0.3) is 0 Å². The van der Waals surface area contributed by atoms with Gasteiger partial charge >= 0.3 is 6.03 Å². The van der Waals surface area contributed by atoms with Gasteiger partial charge in [-0.3, -0.25) is 0 Å². The fourth-order valence-electron chi connectivity index (χ4n) is 2.64. The maximum Gasteiger partial charge on any atom is 0.319 e. The number of nitrogens with one attached hydrogen (secondary N) is 2. The Labute approximate surface area is 140 Å². The number of aromatic nitrogens is 2. The zero-order valence-electron chi connectivity index (χ0n) is 13.2. The van der Waals surface area contributed by atoms with Crippen molar-refractivity contribution in [3.8, 4) is 11.8 Å². The van der Waals surface area contributed by atoms with Crippen molar-refractivity contribution in [2.45, 2.75) is 31.7 Å². The number of amides is 2. The third kappa shape index (κ3) is 4.46. The molecule has 0 radical (unpaired) electrons. The average molecular weight is 321 g/mol. The maximum absolute atomic E-state index is 12.0. The molecule has 2 amide bonds. The highest BCUT2D eigenvalue weighted by molar-refractivity contribution is 5.89. The minimum absolute atomic E-state index is 0.168. The van der Waals surface area contributed by atoms with Crippen LogP contribution in [0.3, 0.4) is 0 Å². The quantitative estimate of drug-likeness (QED) is 0.741. The third-order valence-electron chi connectivity index (χ3n) is 3.83. The second-order valence-corrected chi connectivity index (χ2v) is 5.74. The van der Waals surface area contributed by atoms with Crippen LogP contribution in [-0.4, -0.2) is 22.0 Å². The van der Waals surface area contributed by atoms with Gasteiger partial charge in [-0.2, -0.15) is 0 Å². The molecule has 1 aliphatic rings. The van der Waals surface area contributed by atoms with E-state index < -0.39 is 0 Å². The van der Waals surface area contributed by atoms with E-state index in [1.54, 1.807) is 12.4 Å². The number of anilines is 2. The predicted molar refractivity (Wildman–Crippen MR) is 93.3 cm³/mol. The van der Waals surface area contributed by atoms with Crippen molar-refractivity contribution < 1.29 is 4.79 Å². The summed E-state index contributed by atoms with van der Waals surface area (Å²) in [6.07, 6.45) is 7.64. The second kappa shape index (κ2) is 7.47. The van der Waals surface area contributed by atoms with Crippen molar-refractivity contribution in [1.29, 1.82) is 0 Å². The Morgan fingerprint density at radius 1 is 1.12 bits per heavy atom. The van der Waals surface area contributed by atoms with E-state index in [0.29, 0.717) is 17.3 Å². The number of carbonyl (C=O) groups excluding carboxylic acids is 1. The van der Waals surface area contributed by atoms with E-state index in [-0.39, 0.29) is 12.0 Å². The van der Waals surface area contributed by atoms with Gasteiger partial charge in [-0.1, -0.05) is 30.7 Å². The molecule has 0 atom stereocenters. The van der Waals surface area contributed by atoms with Gasteiger partial charge in [-0.15, -0.1) is 0 Å². The first kappa shape index (κ1) is 15.8. The topological polar surface area (TPSA) is 92.9 Å². The molecule has 1 aromatic heterocycles. The van der Waals surface area contributed by atoms with E-state index in [1.807, 2.05) is 24.3 Å². The SMILES string of the molecule is Nc1ncc(C#Cc2cccc(NC(=O)NC3CCCC3)c2)cn1. The Hall–Kier alpha value is -3.07. The Morgan fingerprint density at radius 3 is 2.58 bits per heavy atom. The van der Waals surface area contributed by atoms with Crippen LogP contribution in [0.5, 0.6) is 0 Å². The minimum atomic E-state index is -0.168. The summed E-state index contributed by atoms with van der Waals surface area (Å²) >= 11 is 0. The number of hydrogen-bond acceptors (Lipinski definition) is 4. The molecule has 122 valence electrons. The van der Waals surface area contributed by atoms with Crippen molar-refractivity contribution in [1.82, 2.24) is 15.3 Å². The van der Waals surface area contributed by atoms with E-state index in [1.165, 1.54) is 12.8 Å². The van der Waals surface area contributed by atoms with Gasteiger partial charge in [-0.05, 0) is 31.0 Å². The molecule has 3 rings (SSSR count). The summed E-state index contributed by atoms with van der Waals surface area (Å²) in [6, 6.07) is 7.53. The lowest BCUT2D eigenvalue weighted by Gasteiger charge is -2.13. The molecule has 2 aromatic rings. The van der Waals surface area contributed by atoms with Gasteiger partial charge in [0.25, 0.3) is 0 Å². The Balaban J connectivity index is 1.63. The highest BCUT2D eigenvalue weighted by Crippen LogP contribution is 2.18. The molecule has 0 saturated heterocycles. The van der Waals surface area contributed by atoms with E-state index in [2.05, 4.69) is 32.4 Å². The van der Waals surface area contributed by atoms with Crippen molar-refractivity contribution in [3.05, 3.63) is 47.8 Å². The molecule has 6 nitrogen and oxygen atoms in total. The number of benzene rings is 1. The van der Waals surface area contributed by atoms with Crippen LogP contribution in [0, 0.1) is 11.8 Å². The van der Waals surface area contributed by atoms with Gasteiger partial charge < -0.3 is 16.4 Å². The van der Waals surface area contributed by atoms with Crippen molar-refractivity contribution in [3.63, 3.8) is 0 Å². The monoisotopic (exact) mass is 321 g/mol. The van der Waals surface area contributed by atoms with E-state index in [9.17, 15) is 4.79 Å². The van der Waals surface area contributed by atoms with Crippen LogP contribution in [0.15, 0.2) is 36.7 Å². The molecule has 1 aromatic carbocycles. The lowest BCUT2D eigenvalue weighted by atomic mass is 10.2.